The van der Waals surface area contributed by atoms with E-state index in [1.165, 1.54) is 12.8 Å². The first kappa shape index (κ1) is 12.5. The zero-order chi connectivity index (χ0) is 12.3. The van der Waals surface area contributed by atoms with Gasteiger partial charge in [0, 0.05) is 32.2 Å². The van der Waals surface area contributed by atoms with Gasteiger partial charge in [-0.1, -0.05) is 13.8 Å². The van der Waals surface area contributed by atoms with Crippen molar-refractivity contribution in [1.29, 1.82) is 0 Å². The largest absolute Gasteiger partial charge is 0.314 e. The third kappa shape index (κ3) is 2.35. The normalized spacial score (nSPS) is 20.6. The molecule has 0 spiro atoms. The Bertz CT molecular complexity index is 356. The summed E-state index contributed by atoms with van der Waals surface area (Å²) in [5.74, 6) is 1.05. The summed E-state index contributed by atoms with van der Waals surface area (Å²) >= 11 is 0. The average molecular weight is 237 g/mol. The first-order valence-electron chi connectivity index (χ1n) is 6.50. The topological polar surface area (TPSA) is 46.0 Å². The Kier molecular flexibility index (Phi) is 3.79. The van der Waals surface area contributed by atoms with Crippen LogP contribution in [-0.2, 0) is 13.6 Å². The van der Waals surface area contributed by atoms with Crippen LogP contribution >= 0.6 is 0 Å². The minimum atomic E-state index is 0.282. The Hall–Kier alpha value is -0.940. The molecule has 0 amide bonds. The third-order valence-corrected chi connectivity index (χ3v) is 4.14. The fraction of sp³-hybridized carbons (Fsp3) is 0.833. The van der Waals surface area contributed by atoms with Crippen LogP contribution in [0, 0.1) is 0 Å². The predicted molar refractivity (Wildman–Crippen MR) is 67.6 cm³/mol. The van der Waals surface area contributed by atoms with Crippen LogP contribution in [0.25, 0.3) is 0 Å². The molecule has 0 saturated carbocycles. The van der Waals surface area contributed by atoms with Gasteiger partial charge >= 0.3 is 0 Å². The summed E-state index contributed by atoms with van der Waals surface area (Å²) in [7, 11) is 1.96. The van der Waals surface area contributed by atoms with Gasteiger partial charge in [-0.2, -0.15) is 5.10 Å². The van der Waals surface area contributed by atoms with Gasteiger partial charge in [0.05, 0.1) is 6.54 Å². The molecule has 1 aliphatic rings. The van der Waals surface area contributed by atoms with Gasteiger partial charge in [-0.05, 0) is 12.8 Å². The van der Waals surface area contributed by atoms with Crippen molar-refractivity contribution in [1.82, 2.24) is 25.0 Å². The van der Waals surface area contributed by atoms with Gasteiger partial charge in [0.25, 0.3) is 0 Å². The second-order valence-electron chi connectivity index (χ2n) is 4.83. The highest BCUT2D eigenvalue weighted by Crippen LogP contribution is 2.26. The van der Waals surface area contributed by atoms with E-state index in [2.05, 4.69) is 34.1 Å². The van der Waals surface area contributed by atoms with Crippen molar-refractivity contribution in [3.05, 3.63) is 12.2 Å². The van der Waals surface area contributed by atoms with E-state index in [1.54, 1.807) is 6.33 Å². The first-order chi connectivity index (χ1) is 8.22. The molecule has 0 bridgehead atoms. The van der Waals surface area contributed by atoms with E-state index in [0.717, 1.165) is 32.0 Å². The molecular formula is C12H23N5. The average Bonchev–Trinajstić information content (AvgIpc) is 2.76. The predicted octanol–water partition coefficient (Wildman–Crippen LogP) is 0.779. The van der Waals surface area contributed by atoms with E-state index < -0.39 is 0 Å². The van der Waals surface area contributed by atoms with E-state index in [9.17, 15) is 0 Å². The lowest BCUT2D eigenvalue weighted by Crippen LogP contribution is -2.60. The van der Waals surface area contributed by atoms with Crippen molar-refractivity contribution in [3.8, 4) is 0 Å². The van der Waals surface area contributed by atoms with Crippen LogP contribution in [0.15, 0.2) is 6.33 Å². The fourth-order valence-corrected chi connectivity index (χ4v) is 2.71. The Morgan fingerprint density at radius 2 is 2.18 bits per heavy atom. The lowest BCUT2D eigenvalue weighted by molar-refractivity contribution is 0.0415. The zero-order valence-corrected chi connectivity index (χ0v) is 11.1. The second-order valence-corrected chi connectivity index (χ2v) is 4.83. The minimum Gasteiger partial charge on any atom is -0.314 e. The lowest BCUT2D eigenvalue weighted by atomic mass is 9.88. The summed E-state index contributed by atoms with van der Waals surface area (Å²) in [5, 5.41) is 7.66. The molecule has 0 aliphatic carbocycles. The monoisotopic (exact) mass is 237 g/mol. The summed E-state index contributed by atoms with van der Waals surface area (Å²) in [6.45, 7) is 8.70. The van der Waals surface area contributed by atoms with Gasteiger partial charge < -0.3 is 5.32 Å². The quantitative estimate of drug-likeness (QED) is 0.840. The van der Waals surface area contributed by atoms with Crippen molar-refractivity contribution < 1.29 is 0 Å². The number of hydrogen-bond donors (Lipinski definition) is 1. The molecule has 5 nitrogen and oxygen atoms in total. The van der Waals surface area contributed by atoms with Gasteiger partial charge in [0.15, 0.2) is 0 Å². The van der Waals surface area contributed by atoms with Gasteiger partial charge in [-0.25, -0.2) is 4.98 Å². The summed E-state index contributed by atoms with van der Waals surface area (Å²) in [4.78, 5) is 6.90. The maximum Gasteiger partial charge on any atom is 0.140 e. The number of rotatable bonds is 4. The molecule has 1 saturated heterocycles. The van der Waals surface area contributed by atoms with Crippen molar-refractivity contribution in [2.24, 2.45) is 7.05 Å². The van der Waals surface area contributed by atoms with Crippen LogP contribution < -0.4 is 5.32 Å². The number of aromatic nitrogens is 3. The highest BCUT2D eigenvalue weighted by Gasteiger charge is 2.35. The molecule has 1 aromatic heterocycles. The van der Waals surface area contributed by atoms with Crippen LogP contribution in [-0.4, -0.2) is 44.8 Å². The smallest absolute Gasteiger partial charge is 0.140 e. The third-order valence-electron chi connectivity index (χ3n) is 4.14. The molecule has 1 fully saturated rings. The molecule has 1 aliphatic heterocycles. The van der Waals surface area contributed by atoms with Gasteiger partial charge in [-0.15, -0.1) is 0 Å². The van der Waals surface area contributed by atoms with Gasteiger partial charge in [-0.3, -0.25) is 9.58 Å². The molecule has 0 atom stereocenters. The number of nitrogens with zero attached hydrogens (tertiary/aromatic N) is 4. The van der Waals surface area contributed by atoms with Crippen LogP contribution in [0.4, 0.5) is 0 Å². The van der Waals surface area contributed by atoms with E-state index in [1.807, 2.05) is 11.7 Å². The zero-order valence-electron chi connectivity index (χ0n) is 11.1. The number of nitrogens with one attached hydrogen (secondary N) is 1. The SMILES string of the molecule is CCC1(CC)CNCCN1Cc1ncnn1C. The molecule has 96 valence electrons. The van der Waals surface area contributed by atoms with Crippen molar-refractivity contribution in [2.75, 3.05) is 19.6 Å². The van der Waals surface area contributed by atoms with E-state index in [-0.39, 0.29) is 5.54 Å². The van der Waals surface area contributed by atoms with E-state index in [4.69, 9.17) is 0 Å². The fourth-order valence-electron chi connectivity index (χ4n) is 2.71. The van der Waals surface area contributed by atoms with Crippen molar-refractivity contribution >= 4 is 0 Å². The van der Waals surface area contributed by atoms with Crippen LogP contribution in [0.2, 0.25) is 0 Å². The molecule has 0 unspecified atom stereocenters. The van der Waals surface area contributed by atoms with Crippen molar-refractivity contribution in [2.45, 2.75) is 38.8 Å². The highest BCUT2D eigenvalue weighted by atomic mass is 15.3. The Morgan fingerprint density at radius 1 is 1.41 bits per heavy atom. The minimum absolute atomic E-state index is 0.282. The number of piperazine rings is 1. The first-order valence-corrected chi connectivity index (χ1v) is 6.50. The van der Waals surface area contributed by atoms with Gasteiger partial charge in [0.2, 0.25) is 0 Å². The molecule has 0 aromatic carbocycles. The second kappa shape index (κ2) is 5.14. The molecule has 1 N–H and O–H groups in total. The molecule has 5 heteroatoms. The Morgan fingerprint density at radius 3 is 2.76 bits per heavy atom. The summed E-state index contributed by atoms with van der Waals surface area (Å²) < 4.78 is 1.87. The maximum atomic E-state index is 4.33. The number of hydrogen-bond acceptors (Lipinski definition) is 4. The highest BCUT2D eigenvalue weighted by molar-refractivity contribution is 4.97. The van der Waals surface area contributed by atoms with Crippen LogP contribution in [0.1, 0.15) is 32.5 Å². The van der Waals surface area contributed by atoms with E-state index in [0.29, 0.717) is 0 Å². The van der Waals surface area contributed by atoms with Crippen molar-refractivity contribution in [3.63, 3.8) is 0 Å². The molecule has 1 aromatic rings. The Balaban J connectivity index is 2.14. The lowest BCUT2D eigenvalue weighted by Gasteiger charge is -2.46. The summed E-state index contributed by atoms with van der Waals surface area (Å²) in [6.07, 6.45) is 3.99. The number of aryl methyl sites for hydroxylation is 1. The molecule has 2 rings (SSSR count). The molecule has 17 heavy (non-hydrogen) atoms. The van der Waals surface area contributed by atoms with Crippen LogP contribution in [0.3, 0.4) is 0 Å². The summed E-state index contributed by atoms with van der Waals surface area (Å²) in [6, 6.07) is 0. The Labute approximate surface area is 103 Å². The summed E-state index contributed by atoms with van der Waals surface area (Å²) in [5.41, 5.74) is 0.282. The maximum absolute atomic E-state index is 4.33. The standard InChI is InChI=1S/C12H23N5/c1-4-12(5-2)9-13-6-7-17(12)8-11-14-10-15-16(11)3/h10,13H,4-9H2,1-3H3. The van der Waals surface area contributed by atoms with E-state index >= 15 is 0 Å². The molecule has 0 radical (unpaired) electrons. The molecule has 2 heterocycles. The molecular weight excluding hydrogens is 214 g/mol. The van der Waals surface area contributed by atoms with Crippen LogP contribution in [0.5, 0.6) is 0 Å². The van der Waals surface area contributed by atoms with Gasteiger partial charge in [0.1, 0.15) is 12.2 Å².